The van der Waals surface area contributed by atoms with Crippen molar-refractivity contribution >= 4 is 11.6 Å². The van der Waals surface area contributed by atoms with Crippen molar-refractivity contribution in [2.45, 2.75) is 59.0 Å². The highest BCUT2D eigenvalue weighted by atomic mass is 16.2. The van der Waals surface area contributed by atoms with Crippen molar-refractivity contribution in [3.63, 3.8) is 0 Å². The minimum atomic E-state index is -0.182. The van der Waals surface area contributed by atoms with Crippen molar-refractivity contribution in [2.24, 2.45) is 5.10 Å². The maximum Gasteiger partial charge on any atom is 0.274 e. The lowest BCUT2D eigenvalue weighted by molar-refractivity contribution is -0.129. The van der Waals surface area contributed by atoms with Gasteiger partial charge in [-0.1, -0.05) is 6.58 Å². The van der Waals surface area contributed by atoms with Gasteiger partial charge in [0.1, 0.15) is 0 Å². The van der Waals surface area contributed by atoms with Crippen molar-refractivity contribution in [1.82, 2.24) is 9.91 Å². The molecule has 4 heteroatoms. The van der Waals surface area contributed by atoms with E-state index in [-0.39, 0.29) is 17.0 Å². The van der Waals surface area contributed by atoms with Crippen LogP contribution >= 0.6 is 0 Å². The lowest BCUT2D eigenvalue weighted by Crippen LogP contribution is -2.53. The molecule has 0 atom stereocenters. The molecule has 0 bridgehead atoms. The van der Waals surface area contributed by atoms with E-state index in [9.17, 15) is 4.79 Å². The summed E-state index contributed by atoms with van der Waals surface area (Å²) in [4.78, 5) is 14.4. The molecule has 0 radical (unpaired) electrons. The Balaban J connectivity index is 3.08. The Morgan fingerprint density at radius 3 is 2.16 bits per heavy atom. The second-order valence-electron chi connectivity index (χ2n) is 7.12. The first kappa shape index (κ1) is 15.7. The number of rotatable bonds is 1. The number of hydrogen-bond donors (Lipinski definition) is 0. The van der Waals surface area contributed by atoms with E-state index in [4.69, 9.17) is 0 Å². The highest BCUT2D eigenvalue weighted by molar-refractivity contribution is 6.45. The quantitative estimate of drug-likeness (QED) is 0.683. The van der Waals surface area contributed by atoms with Crippen LogP contribution in [-0.2, 0) is 4.79 Å². The molecule has 0 spiro atoms. The highest BCUT2D eigenvalue weighted by Crippen LogP contribution is 2.23. The van der Waals surface area contributed by atoms with Crippen LogP contribution in [0.15, 0.2) is 17.3 Å². The summed E-state index contributed by atoms with van der Waals surface area (Å²) in [6, 6.07) is 0. The number of amides is 1. The molecule has 4 nitrogen and oxygen atoms in total. The van der Waals surface area contributed by atoms with Gasteiger partial charge in [-0.3, -0.25) is 9.80 Å². The molecular formula is C15H27N3O. The molecule has 1 rings (SSSR count). The van der Waals surface area contributed by atoms with Gasteiger partial charge in [-0.2, -0.15) is 5.10 Å². The van der Waals surface area contributed by atoms with E-state index in [1.54, 1.807) is 0 Å². The van der Waals surface area contributed by atoms with E-state index in [0.717, 1.165) is 18.5 Å². The number of hydrogen-bond acceptors (Lipinski definition) is 3. The van der Waals surface area contributed by atoms with Gasteiger partial charge in [-0.25, -0.2) is 0 Å². The topological polar surface area (TPSA) is 35.9 Å². The maximum atomic E-state index is 12.6. The lowest BCUT2D eigenvalue weighted by atomic mass is 9.96. The number of carbonyl (C=O) groups is 1. The molecule has 1 saturated heterocycles. The van der Waals surface area contributed by atoms with Crippen LogP contribution in [-0.4, -0.2) is 46.2 Å². The van der Waals surface area contributed by atoms with Crippen LogP contribution in [0.3, 0.4) is 0 Å². The van der Waals surface area contributed by atoms with Crippen molar-refractivity contribution in [3.05, 3.63) is 12.2 Å². The zero-order valence-corrected chi connectivity index (χ0v) is 13.4. The van der Waals surface area contributed by atoms with Gasteiger partial charge in [0.2, 0.25) is 0 Å². The largest absolute Gasteiger partial charge is 0.332 e. The maximum absolute atomic E-state index is 12.6. The normalized spacial score (nSPS) is 20.2. The van der Waals surface area contributed by atoms with E-state index < -0.39 is 0 Å². The molecule has 0 unspecified atom stereocenters. The smallest absolute Gasteiger partial charge is 0.274 e. The first-order valence-corrected chi connectivity index (χ1v) is 6.77. The Labute approximate surface area is 117 Å². The van der Waals surface area contributed by atoms with Crippen LogP contribution in [0.5, 0.6) is 0 Å². The third-order valence-electron chi connectivity index (χ3n) is 3.45. The zero-order valence-electron chi connectivity index (χ0n) is 13.4. The summed E-state index contributed by atoms with van der Waals surface area (Å²) in [5, 5.41) is 6.32. The molecule has 1 aliphatic rings. The van der Waals surface area contributed by atoms with Crippen LogP contribution in [0.25, 0.3) is 0 Å². The van der Waals surface area contributed by atoms with E-state index in [1.165, 1.54) is 0 Å². The van der Waals surface area contributed by atoms with Gasteiger partial charge >= 0.3 is 0 Å². The molecule has 0 saturated carbocycles. The predicted octanol–water partition coefficient (Wildman–Crippen LogP) is 2.66. The molecule has 19 heavy (non-hydrogen) atoms. The fraction of sp³-hybridized carbons (Fsp3) is 0.733. The van der Waals surface area contributed by atoms with Crippen molar-refractivity contribution in [2.75, 3.05) is 13.6 Å². The number of hydrazone groups is 1. The average molecular weight is 265 g/mol. The summed E-state index contributed by atoms with van der Waals surface area (Å²) in [6.07, 6.45) is 0.791. The monoisotopic (exact) mass is 265 g/mol. The Morgan fingerprint density at radius 2 is 1.74 bits per heavy atom. The Morgan fingerprint density at radius 1 is 1.21 bits per heavy atom. The molecule has 1 aliphatic heterocycles. The second-order valence-corrected chi connectivity index (χ2v) is 7.12. The van der Waals surface area contributed by atoms with Crippen LogP contribution in [0.4, 0.5) is 0 Å². The molecule has 0 aliphatic carbocycles. The van der Waals surface area contributed by atoms with Crippen molar-refractivity contribution in [1.29, 1.82) is 0 Å². The number of carbonyl (C=O) groups excluding carboxylic acids is 1. The zero-order chi connectivity index (χ0) is 15.0. The summed E-state index contributed by atoms with van der Waals surface area (Å²) >= 11 is 0. The summed E-state index contributed by atoms with van der Waals surface area (Å²) in [5.41, 5.74) is 1.04. The van der Waals surface area contributed by atoms with E-state index in [1.807, 2.05) is 37.7 Å². The van der Waals surface area contributed by atoms with Crippen LogP contribution < -0.4 is 0 Å². The Kier molecular flexibility index (Phi) is 4.13. The minimum Gasteiger partial charge on any atom is -0.332 e. The number of nitrogens with zero attached hydrogens (tertiary/aromatic N) is 3. The molecule has 0 aromatic carbocycles. The fourth-order valence-corrected chi connectivity index (χ4v) is 1.80. The second kappa shape index (κ2) is 4.99. The van der Waals surface area contributed by atoms with Gasteiger partial charge in [0.15, 0.2) is 5.71 Å². The first-order valence-electron chi connectivity index (χ1n) is 6.77. The molecule has 0 aromatic rings. The predicted molar refractivity (Wildman–Crippen MR) is 80.2 cm³/mol. The van der Waals surface area contributed by atoms with Crippen molar-refractivity contribution < 1.29 is 4.79 Å². The van der Waals surface area contributed by atoms with Gasteiger partial charge in [0, 0.05) is 24.7 Å². The molecule has 0 aromatic heterocycles. The van der Waals surface area contributed by atoms with Gasteiger partial charge in [-0.05, 0) is 53.5 Å². The molecule has 1 fully saturated rings. The third kappa shape index (κ3) is 3.58. The van der Waals surface area contributed by atoms with E-state index in [0.29, 0.717) is 5.71 Å². The first-order chi connectivity index (χ1) is 8.44. The van der Waals surface area contributed by atoms with Crippen LogP contribution in [0.2, 0.25) is 0 Å². The SMILES string of the molecule is C=C1CCN(C(C)(C)C)C(=O)/C1=N/N(C)C(C)(C)C. The molecule has 1 amide bonds. The van der Waals surface area contributed by atoms with E-state index in [2.05, 4.69) is 32.5 Å². The summed E-state index contributed by atoms with van der Waals surface area (Å²) < 4.78 is 0. The lowest BCUT2D eigenvalue weighted by Gasteiger charge is -2.40. The van der Waals surface area contributed by atoms with Gasteiger partial charge in [-0.15, -0.1) is 0 Å². The number of piperidine rings is 1. The summed E-state index contributed by atoms with van der Waals surface area (Å²) in [7, 11) is 1.89. The van der Waals surface area contributed by atoms with Crippen LogP contribution in [0.1, 0.15) is 48.0 Å². The minimum absolute atomic E-state index is 0.0140. The molecule has 0 N–H and O–H groups in total. The van der Waals surface area contributed by atoms with Crippen molar-refractivity contribution in [3.8, 4) is 0 Å². The standard InChI is InChI=1S/C15H27N3O/c1-11-9-10-18(15(5,6)7)13(19)12(11)16-17(8)14(2,3)4/h1,9-10H2,2-8H3/b16-12+. The highest BCUT2D eigenvalue weighted by Gasteiger charge is 2.35. The summed E-state index contributed by atoms with van der Waals surface area (Å²) in [5.74, 6) is -0.0140. The summed E-state index contributed by atoms with van der Waals surface area (Å²) in [6.45, 7) is 17.0. The van der Waals surface area contributed by atoms with Crippen LogP contribution in [0, 0.1) is 0 Å². The molecule has 108 valence electrons. The fourth-order valence-electron chi connectivity index (χ4n) is 1.80. The third-order valence-corrected chi connectivity index (χ3v) is 3.45. The van der Waals surface area contributed by atoms with Gasteiger partial charge in [0.25, 0.3) is 5.91 Å². The molecule has 1 heterocycles. The average Bonchev–Trinajstić information content (AvgIpc) is 2.20. The van der Waals surface area contributed by atoms with E-state index >= 15 is 0 Å². The van der Waals surface area contributed by atoms with Gasteiger partial charge in [0.05, 0.1) is 0 Å². The Hall–Kier alpha value is -1.32. The molecular weight excluding hydrogens is 238 g/mol. The Bertz CT molecular complexity index is 410. The number of likely N-dealkylation sites (tertiary alicyclic amines) is 1. The van der Waals surface area contributed by atoms with Gasteiger partial charge < -0.3 is 4.90 Å².